The van der Waals surface area contributed by atoms with E-state index < -0.39 is 9.84 Å². The second kappa shape index (κ2) is 6.97. The Hall–Kier alpha value is -2.39. The Morgan fingerprint density at radius 2 is 1.89 bits per heavy atom. The third kappa shape index (κ3) is 4.14. The molecule has 1 amide bonds. The highest BCUT2D eigenvalue weighted by atomic mass is 32.2. The van der Waals surface area contributed by atoms with Crippen molar-refractivity contribution in [3.63, 3.8) is 0 Å². The number of hydrogen-bond acceptors (Lipinski definition) is 6. The number of nitrogens with zero attached hydrogens (tertiary/aromatic N) is 1. The van der Waals surface area contributed by atoms with Crippen LogP contribution in [0.4, 0.5) is 15.8 Å². The van der Waals surface area contributed by atoms with Crippen molar-refractivity contribution in [2.24, 2.45) is 4.99 Å². The number of amidine groups is 1. The summed E-state index contributed by atoms with van der Waals surface area (Å²) in [4.78, 5) is 16.8. The van der Waals surface area contributed by atoms with E-state index in [1.54, 1.807) is 18.2 Å². The topological polar surface area (TPSA) is 87.6 Å². The van der Waals surface area contributed by atoms with Crippen molar-refractivity contribution in [2.75, 3.05) is 22.1 Å². The maximum atomic E-state index is 13.0. The number of carbonyl (C=O) groups is 1. The van der Waals surface area contributed by atoms with Gasteiger partial charge >= 0.3 is 0 Å². The second-order valence-electron chi connectivity index (χ2n) is 6.40. The summed E-state index contributed by atoms with van der Waals surface area (Å²) in [5, 5.41) is 6.49. The molecule has 0 aliphatic carbocycles. The van der Waals surface area contributed by atoms with Crippen LogP contribution in [-0.2, 0) is 9.84 Å². The molecule has 2 heterocycles. The maximum absolute atomic E-state index is 13.0. The van der Waals surface area contributed by atoms with Gasteiger partial charge in [-0.2, -0.15) is 0 Å². The second-order valence-corrected chi connectivity index (χ2v) is 9.78. The Morgan fingerprint density at radius 3 is 2.63 bits per heavy atom. The number of thioether (sulfide) groups is 1. The molecular formula is C18H16FN3O3S2. The predicted octanol–water partition coefficient (Wildman–Crippen LogP) is 2.76. The van der Waals surface area contributed by atoms with Gasteiger partial charge in [0.2, 0.25) is 0 Å². The van der Waals surface area contributed by atoms with E-state index in [0.717, 1.165) is 0 Å². The van der Waals surface area contributed by atoms with Crippen LogP contribution in [0.2, 0.25) is 0 Å². The minimum absolute atomic E-state index is 0.0394. The van der Waals surface area contributed by atoms with Gasteiger partial charge in [-0.05, 0) is 42.5 Å². The number of hydrogen-bond donors (Lipinski definition) is 2. The van der Waals surface area contributed by atoms with Gasteiger partial charge in [-0.25, -0.2) is 12.8 Å². The first-order valence-corrected chi connectivity index (χ1v) is 11.0. The molecule has 9 heteroatoms. The van der Waals surface area contributed by atoms with Crippen molar-refractivity contribution in [3.05, 3.63) is 59.9 Å². The van der Waals surface area contributed by atoms with Crippen LogP contribution in [0.15, 0.2) is 53.5 Å². The standard InChI is InChI=1S/C18H16FN3O3S2/c19-12-4-6-13(7-5-12)20-17(23)11-2-1-3-14(8-11)21-18-22-15-9-27(24,25)10-16(15)26-18/h1-8,15-16H,9-10H2,(H,20,23)(H,21,22)/t15-,16+/m1/s1. The molecule has 2 aliphatic rings. The Labute approximate surface area is 160 Å². The fourth-order valence-corrected chi connectivity index (χ4v) is 6.69. The SMILES string of the molecule is O=C(Nc1ccc(F)cc1)c1cccc(NC2=N[C@@H]3CS(=O)(=O)C[C@@H]3S2)c1. The highest BCUT2D eigenvalue weighted by Crippen LogP contribution is 2.34. The van der Waals surface area contributed by atoms with Crippen LogP contribution >= 0.6 is 11.8 Å². The van der Waals surface area contributed by atoms with E-state index in [0.29, 0.717) is 22.1 Å². The minimum Gasteiger partial charge on any atom is -0.335 e. The van der Waals surface area contributed by atoms with Crippen molar-refractivity contribution in [1.82, 2.24) is 0 Å². The molecule has 0 unspecified atom stereocenters. The Kier molecular flexibility index (Phi) is 4.65. The molecule has 6 nitrogen and oxygen atoms in total. The summed E-state index contributed by atoms with van der Waals surface area (Å²) >= 11 is 1.42. The zero-order valence-electron chi connectivity index (χ0n) is 14.1. The number of amides is 1. The van der Waals surface area contributed by atoms with Crippen LogP contribution in [0.3, 0.4) is 0 Å². The molecule has 2 N–H and O–H groups in total. The number of rotatable bonds is 3. The van der Waals surface area contributed by atoms with Gasteiger partial charge in [0.15, 0.2) is 15.0 Å². The van der Waals surface area contributed by atoms with Gasteiger partial charge in [-0.3, -0.25) is 9.79 Å². The lowest BCUT2D eigenvalue weighted by atomic mass is 10.2. The van der Waals surface area contributed by atoms with Crippen molar-refractivity contribution in [2.45, 2.75) is 11.3 Å². The Bertz CT molecular complexity index is 1020. The number of sulfone groups is 1. The monoisotopic (exact) mass is 405 g/mol. The predicted molar refractivity (Wildman–Crippen MR) is 106 cm³/mol. The molecule has 0 saturated carbocycles. The largest absolute Gasteiger partial charge is 0.335 e. The average molecular weight is 405 g/mol. The smallest absolute Gasteiger partial charge is 0.255 e. The van der Waals surface area contributed by atoms with Crippen LogP contribution in [0.1, 0.15) is 10.4 Å². The maximum Gasteiger partial charge on any atom is 0.255 e. The molecule has 0 radical (unpaired) electrons. The number of nitrogens with one attached hydrogen (secondary N) is 2. The highest BCUT2D eigenvalue weighted by molar-refractivity contribution is 8.15. The molecule has 140 valence electrons. The van der Waals surface area contributed by atoms with E-state index >= 15 is 0 Å². The molecule has 2 atom stereocenters. The molecule has 0 spiro atoms. The minimum atomic E-state index is -2.98. The molecule has 2 aliphatic heterocycles. The van der Waals surface area contributed by atoms with E-state index in [1.165, 1.54) is 36.0 Å². The number of benzene rings is 2. The Morgan fingerprint density at radius 1 is 1.11 bits per heavy atom. The summed E-state index contributed by atoms with van der Waals surface area (Å²) in [6.07, 6.45) is 0. The molecule has 1 fully saturated rings. The summed E-state index contributed by atoms with van der Waals surface area (Å²) in [6.45, 7) is 0. The molecule has 2 aromatic carbocycles. The lowest BCUT2D eigenvalue weighted by molar-refractivity contribution is 0.102. The molecule has 1 saturated heterocycles. The van der Waals surface area contributed by atoms with Crippen molar-refractivity contribution < 1.29 is 17.6 Å². The zero-order valence-corrected chi connectivity index (χ0v) is 15.7. The van der Waals surface area contributed by atoms with Gasteiger partial charge < -0.3 is 10.6 Å². The molecule has 27 heavy (non-hydrogen) atoms. The average Bonchev–Trinajstić information content (AvgIpc) is 3.09. The van der Waals surface area contributed by atoms with Crippen LogP contribution in [0.25, 0.3) is 0 Å². The lowest BCUT2D eigenvalue weighted by Gasteiger charge is -2.09. The third-order valence-electron chi connectivity index (χ3n) is 4.30. The van der Waals surface area contributed by atoms with Crippen molar-refractivity contribution in [3.8, 4) is 0 Å². The van der Waals surface area contributed by atoms with Gasteiger partial charge in [-0.15, -0.1) is 0 Å². The summed E-state index contributed by atoms with van der Waals surface area (Å²) in [6, 6.07) is 12.3. The first kappa shape index (κ1) is 18.0. The number of carbonyl (C=O) groups excluding carboxylic acids is 1. The third-order valence-corrected chi connectivity index (χ3v) is 7.44. The van der Waals surface area contributed by atoms with E-state index in [-0.39, 0.29) is 34.5 Å². The first-order valence-electron chi connectivity index (χ1n) is 8.27. The first-order chi connectivity index (χ1) is 12.9. The summed E-state index contributed by atoms with van der Waals surface area (Å²) < 4.78 is 36.2. The normalized spacial score (nSPS) is 22.8. The Balaban J connectivity index is 1.44. The van der Waals surface area contributed by atoms with Crippen molar-refractivity contribution >= 4 is 44.0 Å². The van der Waals surface area contributed by atoms with E-state index in [9.17, 15) is 17.6 Å². The number of fused-ring (bicyclic) bond motifs is 1. The summed E-state index contributed by atoms with van der Waals surface area (Å²) in [5.41, 5.74) is 1.64. The number of anilines is 2. The molecule has 0 aromatic heterocycles. The van der Waals surface area contributed by atoms with Crippen LogP contribution < -0.4 is 10.6 Å². The van der Waals surface area contributed by atoms with E-state index in [1.807, 2.05) is 6.07 Å². The van der Waals surface area contributed by atoms with Crippen LogP contribution in [0.5, 0.6) is 0 Å². The fourth-order valence-electron chi connectivity index (χ4n) is 3.01. The van der Waals surface area contributed by atoms with Gasteiger partial charge in [0.1, 0.15) is 5.82 Å². The quantitative estimate of drug-likeness (QED) is 0.820. The summed E-state index contributed by atoms with van der Waals surface area (Å²) in [7, 11) is -2.98. The molecule has 2 aromatic rings. The zero-order chi connectivity index (χ0) is 19.0. The van der Waals surface area contributed by atoms with E-state index in [2.05, 4.69) is 15.6 Å². The van der Waals surface area contributed by atoms with Gasteiger partial charge in [0.05, 0.1) is 17.5 Å². The molecular weight excluding hydrogens is 389 g/mol. The number of aliphatic imine (C=N–C) groups is 1. The van der Waals surface area contributed by atoms with E-state index in [4.69, 9.17) is 0 Å². The van der Waals surface area contributed by atoms with Gasteiger partial charge in [0.25, 0.3) is 5.91 Å². The molecule has 4 rings (SSSR count). The van der Waals surface area contributed by atoms with Gasteiger partial charge in [0, 0.05) is 22.2 Å². The highest BCUT2D eigenvalue weighted by Gasteiger charge is 2.42. The van der Waals surface area contributed by atoms with Crippen LogP contribution in [0, 0.1) is 5.82 Å². The number of halogens is 1. The summed E-state index contributed by atoms with van der Waals surface area (Å²) in [5.74, 6) is -0.437. The van der Waals surface area contributed by atoms with Crippen LogP contribution in [-0.4, -0.2) is 42.3 Å². The van der Waals surface area contributed by atoms with Crippen molar-refractivity contribution in [1.29, 1.82) is 0 Å². The molecule has 0 bridgehead atoms. The lowest BCUT2D eigenvalue weighted by Crippen LogP contribution is -2.14. The van der Waals surface area contributed by atoms with Gasteiger partial charge in [-0.1, -0.05) is 17.8 Å². The fraction of sp³-hybridized carbons (Fsp3) is 0.222.